The Balaban J connectivity index is 1.52. The number of benzene rings is 3. The SMILES string of the molecule is O=C(Cc1ccc(NC(=O)c2ccc(Oc3ccccc3)cc2)cc1)NCC(F)(F)F. The number of anilines is 1. The Hall–Kier alpha value is -3.81. The summed E-state index contributed by atoms with van der Waals surface area (Å²) in [6, 6.07) is 22.2. The second kappa shape index (κ2) is 9.80. The van der Waals surface area contributed by atoms with Crippen LogP contribution in [0.4, 0.5) is 18.9 Å². The molecule has 3 aromatic carbocycles. The molecule has 0 bridgehead atoms. The average Bonchev–Trinajstić information content (AvgIpc) is 2.74. The summed E-state index contributed by atoms with van der Waals surface area (Å²) in [6.07, 6.45) is -4.64. The lowest BCUT2D eigenvalue weighted by atomic mass is 10.1. The number of carbonyl (C=O) groups excluding carboxylic acids is 2. The molecule has 0 aromatic heterocycles. The molecule has 0 radical (unpaired) electrons. The summed E-state index contributed by atoms with van der Waals surface area (Å²) in [5.41, 5.74) is 1.45. The van der Waals surface area contributed by atoms with E-state index >= 15 is 0 Å². The van der Waals surface area contributed by atoms with Gasteiger partial charge in [0.1, 0.15) is 18.0 Å². The van der Waals surface area contributed by atoms with Crippen molar-refractivity contribution in [2.24, 2.45) is 0 Å². The number of ether oxygens (including phenoxy) is 1. The summed E-state index contributed by atoms with van der Waals surface area (Å²) in [7, 11) is 0. The van der Waals surface area contributed by atoms with Gasteiger partial charge in [-0.15, -0.1) is 0 Å². The number of halogens is 3. The Bertz CT molecular complexity index is 1020. The van der Waals surface area contributed by atoms with Gasteiger partial charge in [0.25, 0.3) is 5.91 Å². The molecule has 3 rings (SSSR count). The predicted octanol–water partition coefficient (Wildman–Crippen LogP) is 4.95. The van der Waals surface area contributed by atoms with Gasteiger partial charge in [-0.1, -0.05) is 30.3 Å². The number of alkyl halides is 3. The summed E-state index contributed by atoms with van der Waals surface area (Å²) < 4.78 is 42.1. The number of amides is 2. The van der Waals surface area contributed by atoms with Gasteiger partial charge in [-0.3, -0.25) is 9.59 Å². The van der Waals surface area contributed by atoms with Crippen molar-refractivity contribution >= 4 is 17.5 Å². The Morgan fingerprint density at radius 1 is 0.806 bits per heavy atom. The van der Waals surface area contributed by atoms with Gasteiger partial charge in [-0.25, -0.2) is 0 Å². The topological polar surface area (TPSA) is 67.4 Å². The first-order valence-corrected chi connectivity index (χ1v) is 9.35. The maximum atomic E-state index is 12.4. The number of para-hydroxylation sites is 1. The monoisotopic (exact) mass is 428 g/mol. The van der Waals surface area contributed by atoms with Crippen molar-refractivity contribution in [3.63, 3.8) is 0 Å². The molecule has 0 saturated carbocycles. The smallest absolute Gasteiger partial charge is 0.405 e. The van der Waals surface area contributed by atoms with Crippen LogP contribution in [0.1, 0.15) is 15.9 Å². The Morgan fingerprint density at radius 3 is 2.03 bits per heavy atom. The average molecular weight is 428 g/mol. The molecule has 0 aliphatic rings. The van der Waals surface area contributed by atoms with E-state index < -0.39 is 18.6 Å². The lowest BCUT2D eigenvalue weighted by Crippen LogP contribution is -2.34. The number of rotatable bonds is 7. The highest BCUT2D eigenvalue weighted by Crippen LogP contribution is 2.21. The van der Waals surface area contributed by atoms with E-state index in [0.29, 0.717) is 28.3 Å². The van der Waals surface area contributed by atoms with Crippen molar-refractivity contribution in [1.82, 2.24) is 5.32 Å². The van der Waals surface area contributed by atoms with Crippen molar-refractivity contribution in [3.8, 4) is 11.5 Å². The molecule has 3 aromatic rings. The molecule has 31 heavy (non-hydrogen) atoms. The third-order valence-electron chi connectivity index (χ3n) is 4.16. The summed E-state index contributed by atoms with van der Waals surface area (Å²) in [6.45, 7) is -1.37. The third-order valence-corrected chi connectivity index (χ3v) is 4.16. The van der Waals surface area contributed by atoms with E-state index in [4.69, 9.17) is 4.74 Å². The molecule has 0 heterocycles. The first kappa shape index (κ1) is 21.9. The van der Waals surface area contributed by atoms with Gasteiger partial charge >= 0.3 is 6.18 Å². The molecule has 5 nitrogen and oxygen atoms in total. The molecule has 0 atom stereocenters. The van der Waals surface area contributed by atoms with E-state index in [1.807, 2.05) is 35.6 Å². The highest BCUT2D eigenvalue weighted by molar-refractivity contribution is 6.04. The maximum absolute atomic E-state index is 12.4. The fourth-order valence-corrected chi connectivity index (χ4v) is 2.65. The first-order valence-electron chi connectivity index (χ1n) is 9.35. The molecule has 0 unspecified atom stereocenters. The standard InChI is InChI=1S/C23H19F3N2O3/c24-23(25,26)15-27-21(29)14-16-6-10-18(11-7-16)28-22(30)17-8-12-20(13-9-17)31-19-4-2-1-3-5-19/h1-13H,14-15H2,(H,27,29)(H,28,30). The van der Waals surface area contributed by atoms with Gasteiger partial charge in [-0.05, 0) is 54.1 Å². The largest absolute Gasteiger partial charge is 0.457 e. The molecule has 2 amide bonds. The van der Waals surface area contributed by atoms with Gasteiger partial charge < -0.3 is 15.4 Å². The summed E-state index contributed by atoms with van der Waals surface area (Å²) in [4.78, 5) is 24.0. The zero-order valence-electron chi connectivity index (χ0n) is 16.3. The number of hydrogen-bond acceptors (Lipinski definition) is 3. The van der Waals surface area contributed by atoms with Gasteiger partial charge in [0.05, 0.1) is 6.42 Å². The molecular formula is C23H19F3N2O3. The number of hydrogen-bond donors (Lipinski definition) is 2. The van der Waals surface area contributed by atoms with Crippen LogP contribution in [-0.2, 0) is 11.2 Å². The summed E-state index contributed by atoms with van der Waals surface area (Å²) in [5.74, 6) is 0.219. The van der Waals surface area contributed by atoms with E-state index in [-0.39, 0.29) is 12.3 Å². The van der Waals surface area contributed by atoms with Crippen LogP contribution in [0.2, 0.25) is 0 Å². The Kier molecular flexibility index (Phi) is 6.92. The molecule has 0 fully saturated rings. The molecule has 0 spiro atoms. The zero-order chi connectivity index (χ0) is 22.3. The fourth-order valence-electron chi connectivity index (χ4n) is 2.65. The van der Waals surface area contributed by atoms with Gasteiger partial charge in [0.2, 0.25) is 5.91 Å². The Labute approximate surface area is 176 Å². The number of nitrogens with one attached hydrogen (secondary N) is 2. The van der Waals surface area contributed by atoms with Crippen LogP contribution in [0.25, 0.3) is 0 Å². The van der Waals surface area contributed by atoms with Crippen LogP contribution in [0.5, 0.6) is 11.5 Å². The Morgan fingerprint density at radius 2 is 1.42 bits per heavy atom. The maximum Gasteiger partial charge on any atom is 0.405 e. The van der Waals surface area contributed by atoms with Gasteiger partial charge in [0.15, 0.2) is 0 Å². The lowest BCUT2D eigenvalue weighted by molar-refractivity contribution is -0.138. The van der Waals surface area contributed by atoms with Crippen LogP contribution >= 0.6 is 0 Å². The van der Waals surface area contributed by atoms with E-state index in [9.17, 15) is 22.8 Å². The van der Waals surface area contributed by atoms with Crippen molar-refractivity contribution in [3.05, 3.63) is 90.0 Å². The number of carbonyl (C=O) groups is 2. The molecule has 0 aliphatic carbocycles. The van der Waals surface area contributed by atoms with Crippen molar-refractivity contribution in [2.75, 3.05) is 11.9 Å². The predicted molar refractivity (Wildman–Crippen MR) is 110 cm³/mol. The minimum absolute atomic E-state index is 0.187. The summed E-state index contributed by atoms with van der Waals surface area (Å²) >= 11 is 0. The van der Waals surface area contributed by atoms with E-state index in [0.717, 1.165) is 0 Å². The normalized spacial score (nSPS) is 10.9. The van der Waals surface area contributed by atoms with Crippen LogP contribution in [0.3, 0.4) is 0 Å². The van der Waals surface area contributed by atoms with Crippen molar-refractivity contribution in [2.45, 2.75) is 12.6 Å². The van der Waals surface area contributed by atoms with Gasteiger partial charge in [-0.2, -0.15) is 13.2 Å². The van der Waals surface area contributed by atoms with E-state index in [2.05, 4.69) is 5.32 Å². The van der Waals surface area contributed by atoms with Gasteiger partial charge in [0, 0.05) is 11.3 Å². The highest BCUT2D eigenvalue weighted by atomic mass is 19.4. The van der Waals surface area contributed by atoms with Crippen LogP contribution in [0.15, 0.2) is 78.9 Å². The molecule has 8 heteroatoms. The zero-order valence-corrected chi connectivity index (χ0v) is 16.3. The summed E-state index contributed by atoms with van der Waals surface area (Å²) in [5, 5.41) is 4.54. The molecule has 0 saturated heterocycles. The molecule has 160 valence electrons. The second-order valence-electron chi connectivity index (χ2n) is 6.66. The van der Waals surface area contributed by atoms with Crippen molar-refractivity contribution in [1.29, 1.82) is 0 Å². The third kappa shape index (κ3) is 7.18. The first-order chi connectivity index (χ1) is 14.8. The van der Waals surface area contributed by atoms with Crippen LogP contribution < -0.4 is 15.4 Å². The van der Waals surface area contributed by atoms with Crippen LogP contribution in [0, 0.1) is 0 Å². The van der Waals surface area contributed by atoms with E-state index in [1.165, 1.54) is 0 Å². The molecular weight excluding hydrogens is 409 g/mol. The second-order valence-corrected chi connectivity index (χ2v) is 6.66. The quantitative estimate of drug-likeness (QED) is 0.560. The minimum Gasteiger partial charge on any atom is -0.457 e. The molecule has 0 aliphatic heterocycles. The minimum atomic E-state index is -4.45. The molecule has 2 N–H and O–H groups in total. The van der Waals surface area contributed by atoms with Crippen LogP contribution in [-0.4, -0.2) is 24.5 Å². The van der Waals surface area contributed by atoms with Crippen molar-refractivity contribution < 1.29 is 27.5 Å². The highest BCUT2D eigenvalue weighted by Gasteiger charge is 2.27. The van der Waals surface area contributed by atoms with E-state index in [1.54, 1.807) is 48.5 Å². The fraction of sp³-hybridized carbons (Fsp3) is 0.130. The lowest BCUT2D eigenvalue weighted by Gasteiger charge is -2.09.